The summed E-state index contributed by atoms with van der Waals surface area (Å²) >= 11 is 6.22. The summed E-state index contributed by atoms with van der Waals surface area (Å²) in [5.41, 5.74) is 1.05. The Morgan fingerprint density at radius 2 is 2.14 bits per heavy atom. The van der Waals surface area contributed by atoms with Crippen molar-refractivity contribution in [3.05, 3.63) is 22.8 Å². The molecule has 1 fully saturated rings. The van der Waals surface area contributed by atoms with Crippen LogP contribution >= 0.6 is 11.6 Å². The Morgan fingerprint density at radius 3 is 2.86 bits per heavy atom. The van der Waals surface area contributed by atoms with E-state index >= 15 is 0 Å². The van der Waals surface area contributed by atoms with Gasteiger partial charge >= 0.3 is 0 Å². The molecule has 0 amide bonds. The van der Waals surface area contributed by atoms with Crippen molar-refractivity contribution in [3.8, 4) is 5.88 Å². The molecule has 2 unspecified atom stereocenters. The SMILES string of the molecule is CCC1CCCCC1Oc1cc(CNC(C)C)c(Cl)cn1. The van der Waals surface area contributed by atoms with Crippen LogP contribution in [0.15, 0.2) is 12.3 Å². The van der Waals surface area contributed by atoms with E-state index < -0.39 is 0 Å². The summed E-state index contributed by atoms with van der Waals surface area (Å²) in [5.74, 6) is 1.37. The third-order valence-electron chi connectivity index (χ3n) is 4.25. The Balaban J connectivity index is 2.03. The zero-order valence-corrected chi connectivity index (χ0v) is 14.1. The number of hydrogen-bond donors (Lipinski definition) is 1. The van der Waals surface area contributed by atoms with Crippen LogP contribution in [0.1, 0.15) is 58.4 Å². The van der Waals surface area contributed by atoms with E-state index in [-0.39, 0.29) is 0 Å². The second-order valence-corrected chi connectivity index (χ2v) is 6.67. The van der Waals surface area contributed by atoms with Gasteiger partial charge < -0.3 is 10.1 Å². The average Bonchev–Trinajstić information content (AvgIpc) is 2.48. The lowest BCUT2D eigenvalue weighted by Crippen LogP contribution is -2.30. The lowest BCUT2D eigenvalue weighted by Gasteiger charge is -2.30. The van der Waals surface area contributed by atoms with Crippen molar-refractivity contribution < 1.29 is 4.74 Å². The number of hydrogen-bond acceptors (Lipinski definition) is 3. The van der Waals surface area contributed by atoms with Crippen LogP contribution < -0.4 is 10.1 Å². The molecule has 1 aromatic rings. The Bertz CT molecular complexity index is 450. The molecule has 1 heterocycles. The smallest absolute Gasteiger partial charge is 0.213 e. The molecule has 3 nitrogen and oxygen atoms in total. The van der Waals surface area contributed by atoms with Gasteiger partial charge in [0.05, 0.1) is 5.02 Å². The standard InChI is InChI=1S/C17H27ClN2O/c1-4-13-7-5-6-8-16(13)21-17-9-14(10-19-12(2)3)15(18)11-20-17/h9,11-13,16,19H,4-8,10H2,1-3H3. The fraction of sp³-hybridized carbons (Fsp3) is 0.706. The van der Waals surface area contributed by atoms with Gasteiger partial charge in [-0.05, 0) is 37.2 Å². The predicted octanol–water partition coefficient (Wildman–Crippen LogP) is 4.58. The highest BCUT2D eigenvalue weighted by Gasteiger charge is 2.25. The minimum Gasteiger partial charge on any atom is -0.474 e. The van der Waals surface area contributed by atoms with Gasteiger partial charge in [0, 0.05) is 24.8 Å². The van der Waals surface area contributed by atoms with Crippen LogP contribution in [0.2, 0.25) is 5.02 Å². The molecule has 1 aromatic heterocycles. The fourth-order valence-electron chi connectivity index (χ4n) is 2.92. The van der Waals surface area contributed by atoms with E-state index in [4.69, 9.17) is 16.3 Å². The molecule has 118 valence electrons. The summed E-state index contributed by atoms with van der Waals surface area (Å²) in [6.07, 6.45) is 8.20. The van der Waals surface area contributed by atoms with Gasteiger partial charge in [0.15, 0.2) is 0 Å². The molecule has 0 bridgehead atoms. The van der Waals surface area contributed by atoms with Gasteiger partial charge in [-0.25, -0.2) is 4.98 Å². The van der Waals surface area contributed by atoms with E-state index in [1.54, 1.807) is 6.20 Å². The Labute approximate surface area is 133 Å². The van der Waals surface area contributed by atoms with Gasteiger partial charge in [-0.15, -0.1) is 0 Å². The Hall–Kier alpha value is -0.800. The van der Waals surface area contributed by atoms with E-state index in [1.165, 1.54) is 25.7 Å². The molecular weight excluding hydrogens is 284 g/mol. The summed E-state index contributed by atoms with van der Waals surface area (Å²) in [7, 11) is 0. The minimum absolute atomic E-state index is 0.309. The minimum atomic E-state index is 0.309. The molecule has 21 heavy (non-hydrogen) atoms. The monoisotopic (exact) mass is 310 g/mol. The molecule has 0 spiro atoms. The number of rotatable bonds is 6. The van der Waals surface area contributed by atoms with Gasteiger partial charge in [-0.3, -0.25) is 0 Å². The molecule has 4 heteroatoms. The summed E-state index contributed by atoms with van der Waals surface area (Å²) in [4.78, 5) is 4.35. The van der Waals surface area contributed by atoms with E-state index in [2.05, 4.69) is 31.1 Å². The number of nitrogens with zero attached hydrogens (tertiary/aromatic N) is 1. The molecule has 2 rings (SSSR count). The predicted molar refractivity (Wildman–Crippen MR) is 87.9 cm³/mol. The normalized spacial score (nSPS) is 22.5. The van der Waals surface area contributed by atoms with Crippen LogP contribution in [0, 0.1) is 5.92 Å². The Kier molecular flexibility index (Phi) is 6.31. The topological polar surface area (TPSA) is 34.1 Å². The third kappa shape index (κ3) is 4.86. The summed E-state index contributed by atoms with van der Waals surface area (Å²) in [6.45, 7) is 7.25. The number of aromatic nitrogens is 1. The molecule has 0 radical (unpaired) electrons. The van der Waals surface area contributed by atoms with Crippen molar-refractivity contribution in [1.29, 1.82) is 0 Å². The van der Waals surface area contributed by atoms with Crippen molar-refractivity contribution in [1.82, 2.24) is 10.3 Å². The largest absolute Gasteiger partial charge is 0.474 e. The van der Waals surface area contributed by atoms with E-state index in [0.29, 0.717) is 29.0 Å². The first kappa shape index (κ1) is 16.6. The summed E-state index contributed by atoms with van der Waals surface area (Å²) in [6, 6.07) is 2.42. The highest BCUT2D eigenvalue weighted by Crippen LogP contribution is 2.30. The molecule has 1 aliphatic carbocycles. The van der Waals surface area contributed by atoms with Crippen LogP contribution in [0.25, 0.3) is 0 Å². The van der Waals surface area contributed by atoms with E-state index in [1.807, 2.05) is 6.07 Å². The maximum atomic E-state index is 6.22. The molecule has 0 saturated heterocycles. The van der Waals surface area contributed by atoms with Gasteiger partial charge in [-0.1, -0.05) is 38.8 Å². The van der Waals surface area contributed by atoms with Gasteiger partial charge in [0.2, 0.25) is 5.88 Å². The van der Waals surface area contributed by atoms with Crippen LogP contribution in [0.5, 0.6) is 5.88 Å². The molecule has 1 saturated carbocycles. The lowest BCUT2D eigenvalue weighted by molar-refractivity contribution is 0.0857. The van der Waals surface area contributed by atoms with Gasteiger partial charge in [-0.2, -0.15) is 0 Å². The molecule has 0 aromatic carbocycles. The van der Waals surface area contributed by atoms with Crippen LogP contribution in [0.4, 0.5) is 0 Å². The van der Waals surface area contributed by atoms with Gasteiger partial charge in [0.25, 0.3) is 0 Å². The zero-order chi connectivity index (χ0) is 15.2. The summed E-state index contributed by atoms with van der Waals surface area (Å²) < 4.78 is 6.16. The number of pyridine rings is 1. The second kappa shape index (κ2) is 8.00. The van der Waals surface area contributed by atoms with Crippen LogP contribution in [-0.2, 0) is 6.54 Å². The number of ether oxygens (including phenoxy) is 1. The van der Waals surface area contributed by atoms with Crippen LogP contribution in [0.3, 0.4) is 0 Å². The van der Waals surface area contributed by atoms with Crippen molar-refractivity contribution >= 4 is 11.6 Å². The number of nitrogens with one attached hydrogen (secondary N) is 1. The van der Waals surface area contributed by atoms with E-state index in [9.17, 15) is 0 Å². The third-order valence-corrected chi connectivity index (χ3v) is 4.59. The number of halogens is 1. The average molecular weight is 311 g/mol. The molecule has 2 atom stereocenters. The maximum Gasteiger partial charge on any atom is 0.213 e. The molecule has 1 N–H and O–H groups in total. The molecule has 1 aliphatic rings. The molecule has 0 aliphatic heterocycles. The van der Waals surface area contributed by atoms with Crippen molar-refractivity contribution in [3.63, 3.8) is 0 Å². The van der Waals surface area contributed by atoms with Gasteiger partial charge in [0.1, 0.15) is 6.10 Å². The van der Waals surface area contributed by atoms with Crippen molar-refractivity contribution in [2.24, 2.45) is 5.92 Å². The summed E-state index contributed by atoms with van der Waals surface area (Å²) in [5, 5.41) is 4.09. The zero-order valence-electron chi connectivity index (χ0n) is 13.4. The fourth-order valence-corrected chi connectivity index (χ4v) is 3.09. The Morgan fingerprint density at radius 1 is 1.38 bits per heavy atom. The highest BCUT2D eigenvalue weighted by atomic mass is 35.5. The van der Waals surface area contributed by atoms with Crippen LogP contribution in [-0.4, -0.2) is 17.1 Å². The highest BCUT2D eigenvalue weighted by molar-refractivity contribution is 6.31. The second-order valence-electron chi connectivity index (χ2n) is 6.26. The first-order valence-electron chi connectivity index (χ1n) is 8.14. The first-order chi connectivity index (χ1) is 10.1. The maximum absolute atomic E-state index is 6.22. The lowest BCUT2D eigenvalue weighted by atomic mass is 9.85. The van der Waals surface area contributed by atoms with E-state index in [0.717, 1.165) is 18.5 Å². The van der Waals surface area contributed by atoms with Crippen molar-refractivity contribution in [2.45, 2.75) is 71.6 Å². The first-order valence-corrected chi connectivity index (χ1v) is 8.52. The quantitative estimate of drug-likeness (QED) is 0.835. The van der Waals surface area contributed by atoms with Crippen molar-refractivity contribution in [2.75, 3.05) is 0 Å². The molecular formula is C17H27ClN2O.